The number of thiophene rings is 1. The van der Waals surface area contributed by atoms with Crippen molar-refractivity contribution in [3.05, 3.63) is 41.3 Å². The Morgan fingerprint density at radius 3 is 2.64 bits per heavy atom. The van der Waals surface area contributed by atoms with Gasteiger partial charge in [-0.15, -0.1) is 11.3 Å². The third-order valence-corrected chi connectivity index (χ3v) is 4.18. The zero-order valence-electron chi connectivity index (χ0n) is 14.2. The number of rotatable bonds is 5. The smallest absolute Gasteiger partial charge is 0.431 e. The van der Waals surface area contributed by atoms with Gasteiger partial charge in [0.2, 0.25) is 0 Å². The summed E-state index contributed by atoms with van der Waals surface area (Å²) in [6.07, 6.45) is 0. The lowest BCUT2D eigenvalue weighted by molar-refractivity contribution is 0.0606. The number of anilines is 1. The first kappa shape index (κ1) is 19.0. The quantitative estimate of drug-likeness (QED) is 0.281. The van der Waals surface area contributed by atoms with Crippen LogP contribution in [0.1, 0.15) is 9.67 Å². The van der Waals surface area contributed by atoms with Crippen LogP contribution in [-0.4, -0.2) is 43.2 Å². The summed E-state index contributed by atoms with van der Waals surface area (Å²) in [7, 11) is -0.394. The maximum atomic E-state index is 11.6. The van der Waals surface area contributed by atoms with Crippen molar-refractivity contribution in [3.8, 4) is 10.4 Å². The van der Waals surface area contributed by atoms with Crippen LogP contribution in [0.5, 0.6) is 0 Å². The number of methoxy groups -OCH3 is 1. The maximum Gasteiger partial charge on any atom is 0.431 e. The summed E-state index contributed by atoms with van der Waals surface area (Å²) >= 11 is 1.34. The Morgan fingerprint density at radius 2 is 2.00 bits per heavy atom. The minimum Gasteiger partial charge on any atom is -0.465 e. The summed E-state index contributed by atoms with van der Waals surface area (Å²) in [5.41, 5.74) is 1.64. The van der Waals surface area contributed by atoms with E-state index in [0.717, 1.165) is 16.1 Å². The lowest BCUT2D eigenvalue weighted by Crippen LogP contribution is -2.41. The number of esters is 1. The summed E-state index contributed by atoms with van der Waals surface area (Å²) in [6, 6.07) is 11.1. The second-order valence-corrected chi connectivity index (χ2v) is 6.37. The molecule has 1 aromatic carbocycles. The highest BCUT2D eigenvalue weighted by Gasteiger charge is 2.12. The number of nitrogens with one attached hydrogen (secondary N) is 2. The number of guanidine groups is 1. The highest BCUT2D eigenvalue weighted by molar-refractivity contribution is 7.17. The highest BCUT2D eigenvalue weighted by atomic mass is 32.1. The van der Waals surface area contributed by atoms with Gasteiger partial charge in [0, 0.05) is 10.6 Å². The topological polar surface area (TPSA) is 103 Å². The number of hydrogen-bond donors (Lipinski definition) is 4. The Labute approximate surface area is 151 Å². The standard InChI is InChI=1S/C15H19B2N3O4S/c1-16(22)19-15(20-17(2)23)18-11-6-4-5-10(9-11)12-7-8-13(25-12)14(21)24-3/h4-9,22-23H,1-3H3,(H2,18,19,20). The molecule has 2 rings (SSSR count). The van der Waals surface area contributed by atoms with Crippen molar-refractivity contribution in [3.63, 3.8) is 0 Å². The van der Waals surface area contributed by atoms with Crippen LogP contribution in [-0.2, 0) is 4.74 Å². The fourth-order valence-electron chi connectivity index (χ4n) is 2.08. The third-order valence-electron chi connectivity index (χ3n) is 3.06. The summed E-state index contributed by atoms with van der Waals surface area (Å²) in [6.45, 7) is 3.07. The first-order chi connectivity index (χ1) is 11.9. The molecule has 2 aromatic rings. The van der Waals surface area contributed by atoms with E-state index in [1.165, 1.54) is 25.3 Å². The molecule has 0 bridgehead atoms. The number of ether oxygens (including phenoxy) is 1. The van der Waals surface area contributed by atoms with Crippen molar-refractivity contribution in [2.24, 2.45) is 4.90 Å². The summed E-state index contributed by atoms with van der Waals surface area (Å²) < 4.78 is 4.72. The number of benzene rings is 1. The van der Waals surface area contributed by atoms with E-state index in [2.05, 4.69) is 15.4 Å². The lowest BCUT2D eigenvalue weighted by Gasteiger charge is -2.14. The largest absolute Gasteiger partial charge is 0.465 e. The van der Waals surface area contributed by atoms with Gasteiger partial charge in [-0.1, -0.05) is 12.1 Å². The molecule has 10 heteroatoms. The van der Waals surface area contributed by atoms with Crippen LogP contribution in [0.2, 0.25) is 13.6 Å². The van der Waals surface area contributed by atoms with Gasteiger partial charge < -0.3 is 25.3 Å². The average molecular weight is 359 g/mol. The van der Waals surface area contributed by atoms with Gasteiger partial charge in [-0.2, -0.15) is 0 Å². The minimum atomic E-state index is -0.920. The van der Waals surface area contributed by atoms with E-state index in [1.54, 1.807) is 12.9 Å². The molecule has 0 amide bonds. The Bertz CT molecular complexity index is 765. The number of carbonyl (C=O) groups is 1. The molecule has 4 N–H and O–H groups in total. The van der Waals surface area contributed by atoms with Crippen LogP contribution in [0.3, 0.4) is 0 Å². The molecule has 0 aliphatic heterocycles. The molecular formula is C15H19B2N3O4S. The predicted octanol–water partition coefficient (Wildman–Crippen LogP) is 1.78. The number of hydrogen-bond acceptors (Lipinski definition) is 6. The monoisotopic (exact) mass is 359 g/mol. The van der Waals surface area contributed by atoms with E-state index in [1.807, 2.05) is 30.3 Å². The summed E-state index contributed by atoms with van der Waals surface area (Å²) in [4.78, 5) is 17.0. The van der Waals surface area contributed by atoms with Gasteiger partial charge in [0.15, 0.2) is 5.96 Å². The van der Waals surface area contributed by atoms with Crippen molar-refractivity contribution in [1.82, 2.24) is 5.23 Å². The van der Waals surface area contributed by atoms with Crippen molar-refractivity contribution in [2.45, 2.75) is 13.6 Å². The van der Waals surface area contributed by atoms with E-state index in [4.69, 9.17) is 4.74 Å². The molecule has 0 spiro atoms. The first-order valence-corrected chi connectivity index (χ1v) is 8.46. The normalized spacial score (nSPS) is 11.0. The van der Waals surface area contributed by atoms with E-state index < -0.39 is 14.1 Å². The van der Waals surface area contributed by atoms with Crippen LogP contribution < -0.4 is 10.5 Å². The predicted molar refractivity (Wildman–Crippen MR) is 103 cm³/mol. The third kappa shape index (κ3) is 5.63. The highest BCUT2D eigenvalue weighted by Crippen LogP contribution is 2.30. The molecule has 25 heavy (non-hydrogen) atoms. The van der Waals surface area contributed by atoms with Crippen LogP contribution in [0.15, 0.2) is 41.3 Å². The van der Waals surface area contributed by atoms with Gasteiger partial charge in [0.25, 0.3) is 0 Å². The van der Waals surface area contributed by atoms with E-state index >= 15 is 0 Å². The SMILES string of the molecule is COC(=O)c1ccc(-c2cccc(N/C(=N\B(C)O)NB(C)O)c2)s1. The molecule has 0 saturated heterocycles. The van der Waals surface area contributed by atoms with Crippen molar-refractivity contribution in [2.75, 3.05) is 12.4 Å². The van der Waals surface area contributed by atoms with E-state index in [9.17, 15) is 14.8 Å². The molecule has 0 unspecified atom stereocenters. The van der Waals surface area contributed by atoms with E-state index in [-0.39, 0.29) is 11.9 Å². The van der Waals surface area contributed by atoms with Gasteiger partial charge in [-0.05, 0) is 43.5 Å². The molecule has 0 fully saturated rings. The fourth-order valence-corrected chi connectivity index (χ4v) is 3.00. The van der Waals surface area contributed by atoms with Crippen LogP contribution in [0.4, 0.5) is 5.69 Å². The molecule has 0 atom stereocenters. The summed E-state index contributed by atoms with van der Waals surface area (Å²) in [5, 5.41) is 24.6. The molecule has 0 radical (unpaired) electrons. The van der Waals surface area contributed by atoms with Gasteiger partial charge in [0.1, 0.15) is 4.88 Å². The fraction of sp³-hybridized carbons (Fsp3) is 0.200. The zero-order chi connectivity index (χ0) is 18.4. The Kier molecular flexibility index (Phi) is 6.63. The van der Waals surface area contributed by atoms with Crippen LogP contribution in [0.25, 0.3) is 10.4 Å². The molecule has 0 saturated carbocycles. The first-order valence-electron chi connectivity index (χ1n) is 7.65. The second-order valence-electron chi connectivity index (χ2n) is 5.29. The molecule has 0 aliphatic carbocycles. The van der Waals surface area contributed by atoms with Crippen molar-refractivity contribution in [1.29, 1.82) is 0 Å². The van der Waals surface area contributed by atoms with Gasteiger partial charge >= 0.3 is 20.1 Å². The van der Waals surface area contributed by atoms with Gasteiger partial charge in [-0.3, -0.25) is 4.90 Å². The van der Waals surface area contributed by atoms with Crippen LogP contribution in [0, 0.1) is 0 Å². The van der Waals surface area contributed by atoms with Crippen LogP contribution >= 0.6 is 11.3 Å². The Balaban J connectivity index is 2.23. The Hall–Kier alpha value is -2.29. The molecular weight excluding hydrogens is 340 g/mol. The lowest BCUT2D eigenvalue weighted by atomic mass is 9.88. The maximum absolute atomic E-state index is 11.6. The summed E-state index contributed by atoms with van der Waals surface area (Å²) in [5.74, 6) is -0.110. The number of nitrogens with zero attached hydrogens (tertiary/aromatic N) is 1. The van der Waals surface area contributed by atoms with E-state index in [0.29, 0.717) is 4.88 Å². The Morgan fingerprint density at radius 1 is 1.24 bits per heavy atom. The van der Waals surface area contributed by atoms with Crippen molar-refractivity contribution < 1.29 is 19.6 Å². The van der Waals surface area contributed by atoms with Gasteiger partial charge in [-0.25, -0.2) is 4.79 Å². The number of carbonyl (C=O) groups excluding carboxylic acids is 1. The molecule has 1 aromatic heterocycles. The zero-order valence-corrected chi connectivity index (χ0v) is 15.0. The molecule has 7 nitrogen and oxygen atoms in total. The molecule has 0 aliphatic rings. The second kappa shape index (κ2) is 8.70. The molecule has 1 heterocycles. The van der Waals surface area contributed by atoms with Crippen molar-refractivity contribution >= 4 is 43.1 Å². The molecule has 130 valence electrons. The van der Waals surface area contributed by atoms with Gasteiger partial charge in [0.05, 0.1) is 7.11 Å². The minimum absolute atomic E-state index is 0.253. The average Bonchev–Trinajstić information content (AvgIpc) is 3.03.